The van der Waals surface area contributed by atoms with Gasteiger partial charge in [0.15, 0.2) is 0 Å². The maximum absolute atomic E-state index is 14.2. The van der Waals surface area contributed by atoms with E-state index in [9.17, 15) is 107 Å². The Morgan fingerprint density at radius 3 is 0.984 bits per heavy atom. The highest BCUT2D eigenvalue weighted by Gasteiger charge is 2.80. The molecular formula is C30H14Cl2F14N4O10S3. The number of halogens is 16. The zero-order valence-corrected chi connectivity index (χ0v) is 33.1. The first-order valence-corrected chi connectivity index (χ1v) is 20.6. The second kappa shape index (κ2) is 16.1. The first-order valence-electron chi connectivity index (χ1n) is 15.4. The smallest absolute Gasteiger partial charge is 0.350 e. The Morgan fingerprint density at radius 2 is 0.746 bits per heavy atom. The molecule has 0 atom stereocenters. The summed E-state index contributed by atoms with van der Waals surface area (Å²) in [6.07, 6.45) is -14.2. The van der Waals surface area contributed by atoms with Crippen molar-refractivity contribution in [3.8, 4) is 0 Å². The van der Waals surface area contributed by atoms with E-state index in [2.05, 4.69) is 10.6 Å². The van der Waals surface area contributed by atoms with Gasteiger partial charge in [0.05, 0.1) is 39.5 Å². The molecule has 0 saturated heterocycles. The average molecular weight is 1020 g/mol. The van der Waals surface area contributed by atoms with Crippen LogP contribution in [-0.2, 0) is 29.5 Å². The molecule has 0 unspecified atom stereocenters. The van der Waals surface area contributed by atoms with Crippen LogP contribution in [0.4, 0.5) is 95.6 Å². The van der Waals surface area contributed by atoms with E-state index in [1.165, 1.54) is 0 Å². The van der Waals surface area contributed by atoms with E-state index in [0.717, 1.165) is 48.5 Å². The van der Waals surface area contributed by atoms with Crippen molar-refractivity contribution in [2.24, 2.45) is 0 Å². The van der Waals surface area contributed by atoms with Crippen LogP contribution < -0.4 is 10.6 Å². The summed E-state index contributed by atoms with van der Waals surface area (Å²) in [5, 5.41) is 10.9. The lowest BCUT2D eigenvalue weighted by Crippen LogP contribution is -2.55. The van der Waals surface area contributed by atoms with E-state index in [1.54, 1.807) is 0 Å². The van der Waals surface area contributed by atoms with E-state index < -0.39 is 126 Å². The molecule has 0 saturated carbocycles. The van der Waals surface area contributed by atoms with Crippen molar-refractivity contribution in [1.82, 2.24) is 0 Å². The third-order valence-corrected chi connectivity index (χ3v) is 14.4. The van der Waals surface area contributed by atoms with Crippen molar-refractivity contribution in [3.63, 3.8) is 0 Å². The molecule has 0 spiro atoms. The standard InChI is InChI=1S/C30H14Cl2F14N4O10S3/c31-17-9-19(21(49(51)52)11-23(17)62(57,58)29(43,44)25(33,34)27(37,38)39)47-13-1-5-15(6-2-13)61(55,56)16-7-3-14(4-8-16)48-20-10-18(32)24(12-22(20)50(53)54)63(59,60)30(45,46)26(35,36)28(40,41)42/h1-12,47-48H. The third kappa shape index (κ3) is 8.58. The number of nitrogens with one attached hydrogen (secondary N) is 2. The van der Waals surface area contributed by atoms with Crippen molar-refractivity contribution in [2.45, 2.75) is 54.3 Å². The van der Waals surface area contributed by atoms with Gasteiger partial charge in [-0.1, -0.05) is 23.2 Å². The molecule has 344 valence electrons. The molecule has 33 heteroatoms. The molecule has 4 aromatic carbocycles. The lowest BCUT2D eigenvalue weighted by molar-refractivity contribution is -0.384. The molecule has 0 aliphatic carbocycles. The van der Waals surface area contributed by atoms with Crippen molar-refractivity contribution in [2.75, 3.05) is 10.6 Å². The van der Waals surface area contributed by atoms with E-state index in [4.69, 9.17) is 23.2 Å². The number of alkyl halides is 14. The van der Waals surface area contributed by atoms with Gasteiger partial charge < -0.3 is 10.6 Å². The Balaban J connectivity index is 1.62. The van der Waals surface area contributed by atoms with Crippen LogP contribution in [0, 0.1) is 20.2 Å². The fraction of sp³-hybridized carbons (Fsp3) is 0.200. The SMILES string of the molecule is O=[N+]([O-])c1cc(S(=O)(=O)C(F)(F)C(F)(F)C(F)(F)F)c(Cl)cc1Nc1ccc(S(=O)(=O)c2ccc(Nc3cc(Cl)c(S(=O)(=O)C(F)(F)C(F)(F)C(F)(F)F)cc3[N+](=O)[O-])cc2)cc1. The highest BCUT2D eigenvalue weighted by molar-refractivity contribution is 7.93. The molecule has 4 aromatic rings. The molecule has 2 N–H and O–H groups in total. The van der Waals surface area contributed by atoms with Crippen LogP contribution in [0.2, 0.25) is 10.0 Å². The number of hydrogen-bond acceptors (Lipinski definition) is 12. The molecule has 0 aromatic heterocycles. The fourth-order valence-corrected chi connectivity index (χ4v) is 9.65. The van der Waals surface area contributed by atoms with Gasteiger partial charge in [-0.2, -0.15) is 61.5 Å². The first kappa shape index (κ1) is 50.4. The zero-order chi connectivity index (χ0) is 48.5. The number of nitro benzene ring substituents is 2. The topological polar surface area (TPSA) is 213 Å². The molecule has 0 amide bonds. The zero-order valence-electron chi connectivity index (χ0n) is 29.2. The molecule has 63 heavy (non-hydrogen) atoms. The minimum absolute atomic E-state index is 0.200. The van der Waals surface area contributed by atoms with Crippen LogP contribution in [-0.4, -0.2) is 69.8 Å². The molecule has 0 aliphatic rings. The summed E-state index contributed by atoms with van der Waals surface area (Å²) in [4.78, 5) is 14.9. The lowest BCUT2D eigenvalue weighted by Gasteiger charge is -2.28. The Hall–Kier alpha value is -5.27. The van der Waals surface area contributed by atoms with E-state index in [0.29, 0.717) is 0 Å². The van der Waals surface area contributed by atoms with E-state index >= 15 is 0 Å². The monoisotopic (exact) mass is 1020 g/mol. The number of hydrogen-bond donors (Lipinski definition) is 2. The Bertz CT molecular complexity index is 2660. The molecule has 0 heterocycles. The molecule has 0 fully saturated rings. The van der Waals surface area contributed by atoms with Crippen molar-refractivity contribution >= 4 is 86.8 Å². The van der Waals surface area contributed by atoms with Gasteiger partial charge in [0.25, 0.3) is 31.0 Å². The molecule has 0 aliphatic heterocycles. The molecule has 14 nitrogen and oxygen atoms in total. The van der Waals surface area contributed by atoms with Crippen molar-refractivity contribution < 1.29 is 96.6 Å². The van der Waals surface area contributed by atoms with Crippen LogP contribution in [0.5, 0.6) is 0 Å². The van der Waals surface area contributed by atoms with Gasteiger partial charge >= 0.3 is 34.7 Å². The highest BCUT2D eigenvalue weighted by atomic mass is 35.5. The van der Waals surface area contributed by atoms with Gasteiger partial charge in [-0.25, -0.2) is 25.3 Å². The fourth-order valence-electron chi connectivity index (χ4n) is 4.83. The average Bonchev–Trinajstić information content (AvgIpc) is 3.13. The third-order valence-electron chi connectivity index (χ3n) is 8.08. The predicted octanol–water partition coefficient (Wildman–Crippen LogP) is 10.3. The minimum Gasteiger partial charge on any atom is -0.350 e. The second-order valence-corrected chi connectivity index (χ2v) is 18.8. The van der Waals surface area contributed by atoms with Crippen LogP contribution in [0.25, 0.3) is 0 Å². The Morgan fingerprint density at radius 1 is 0.476 bits per heavy atom. The van der Waals surface area contributed by atoms with Gasteiger partial charge in [-0.3, -0.25) is 20.2 Å². The first-order chi connectivity index (χ1) is 28.3. The summed E-state index contributed by atoms with van der Waals surface area (Å²) in [7, 11) is -18.8. The maximum atomic E-state index is 14.2. The minimum atomic E-state index is -7.20. The molecule has 0 bridgehead atoms. The summed E-state index contributed by atoms with van der Waals surface area (Å²) >= 11 is 11.2. The van der Waals surface area contributed by atoms with Crippen LogP contribution in [0.3, 0.4) is 0 Å². The van der Waals surface area contributed by atoms with Gasteiger partial charge in [-0.05, 0) is 60.7 Å². The highest BCUT2D eigenvalue weighted by Crippen LogP contribution is 2.54. The number of anilines is 4. The summed E-state index contributed by atoms with van der Waals surface area (Å²) in [5.41, 5.74) is -5.42. The number of rotatable bonds is 14. The Kier molecular flexibility index (Phi) is 12.8. The van der Waals surface area contributed by atoms with Crippen LogP contribution in [0.15, 0.2) is 92.4 Å². The second-order valence-electron chi connectivity index (χ2n) is 12.1. The van der Waals surface area contributed by atoms with E-state index in [-0.39, 0.29) is 35.6 Å². The largest absolute Gasteiger partial charge is 0.461 e. The van der Waals surface area contributed by atoms with Gasteiger partial charge in [0.2, 0.25) is 9.84 Å². The van der Waals surface area contributed by atoms with E-state index in [1.807, 2.05) is 0 Å². The van der Waals surface area contributed by atoms with Gasteiger partial charge in [-0.15, -0.1) is 0 Å². The maximum Gasteiger partial charge on any atom is 0.461 e. The molecule has 0 radical (unpaired) electrons. The number of nitro groups is 2. The summed E-state index contributed by atoms with van der Waals surface area (Å²) in [6, 6.07) is 6.57. The van der Waals surface area contributed by atoms with Gasteiger partial charge in [0, 0.05) is 23.5 Å². The van der Waals surface area contributed by atoms with Crippen LogP contribution in [0.1, 0.15) is 0 Å². The number of benzene rings is 4. The quantitative estimate of drug-likeness (QED) is 0.0686. The number of sulfone groups is 3. The van der Waals surface area contributed by atoms with Crippen molar-refractivity contribution in [1.29, 1.82) is 0 Å². The predicted molar refractivity (Wildman–Crippen MR) is 187 cm³/mol. The van der Waals surface area contributed by atoms with Crippen molar-refractivity contribution in [3.05, 3.63) is 103 Å². The summed E-state index contributed by atoms with van der Waals surface area (Å²) in [5.74, 6) is -14.4. The normalized spacial score (nSPS) is 13.7. The summed E-state index contributed by atoms with van der Waals surface area (Å²) in [6.45, 7) is 0. The lowest BCUT2D eigenvalue weighted by atomic mass is 10.2. The molecular weight excluding hydrogens is 1010 g/mol. The number of nitrogens with zero attached hydrogens (tertiary/aromatic N) is 2. The summed E-state index contributed by atoms with van der Waals surface area (Å²) < 4.78 is 263. The van der Waals surface area contributed by atoms with Gasteiger partial charge in [0.1, 0.15) is 11.4 Å². The Labute approximate surface area is 350 Å². The van der Waals surface area contributed by atoms with Crippen LogP contribution >= 0.6 is 23.2 Å². The molecule has 4 rings (SSSR count).